The lowest BCUT2D eigenvalue weighted by Crippen LogP contribution is -2.16. The topological polar surface area (TPSA) is 63.2 Å². The molecule has 0 saturated carbocycles. The van der Waals surface area contributed by atoms with E-state index in [1.165, 1.54) is 6.08 Å². The molecule has 0 aromatic carbocycles. The lowest BCUT2D eigenvalue weighted by atomic mass is 10.5. The Morgan fingerprint density at radius 2 is 2.12 bits per heavy atom. The minimum atomic E-state index is -4.25. The van der Waals surface area contributed by atoms with Crippen molar-refractivity contribution in [2.75, 3.05) is 6.16 Å². The van der Waals surface area contributed by atoms with Gasteiger partial charge in [0.05, 0.1) is 0 Å². The summed E-state index contributed by atoms with van der Waals surface area (Å²) >= 11 is 0. The fraction of sp³-hybridized carbons (Fsp3) is 0.500. The lowest BCUT2D eigenvalue weighted by Gasteiger charge is -2.28. The molecule has 0 aliphatic rings. The molecule has 0 amide bonds. The average molecular weight is 134 g/mol. The summed E-state index contributed by atoms with van der Waals surface area (Å²) in [4.78, 5) is 19.6. The molecule has 0 saturated heterocycles. The Morgan fingerprint density at radius 1 is 1.62 bits per heavy atom. The van der Waals surface area contributed by atoms with Crippen molar-refractivity contribution < 1.29 is 14.4 Å². The van der Waals surface area contributed by atoms with Gasteiger partial charge in [-0.05, 0) is 12.6 Å². The normalized spacial score (nSPS) is 11.2. The van der Waals surface area contributed by atoms with E-state index in [1.54, 1.807) is 0 Å². The predicted molar refractivity (Wildman–Crippen MR) is 27.3 cm³/mol. The molecule has 0 radical (unpaired) electrons. The molecular weight excluding hydrogens is 127 g/mol. The van der Waals surface area contributed by atoms with E-state index in [0.29, 0.717) is 0 Å². The molecule has 0 N–H and O–H groups in total. The zero-order valence-corrected chi connectivity index (χ0v) is 5.27. The van der Waals surface area contributed by atoms with Gasteiger partial charge in [0.1, 0.15) is 0 Å². The average Bonchev–Trinajstić information content (AvgIpc) is 1.59. The first-order valence-electron chi connectivity index (χ1n) is 2.18. The molecule has 0 aromatic rings. The van der Waals surface area contributed by atoms with Crippen LogP contribution in [0.3, 0.4) is 0 Å². The molecule has 0 atom stereocenters. The first kappa shape index (κ1) is 7.89. The smallest absolute Gasteiger partial charge is 0.0216 e. The van der Waals surface area contributed by atoms with E-state index in [1.807, 2.05) is 0 Å². The summed E-state index contributed by atoms with van der Waals surface area (Å²) in [6, 6.07) is 0. The van der Waals surface area contributed by atoms with Crippen molar-refractivity contribution in [1.82, 2.24) is 0 Å². The standard InChI is InChI=1S/C4H9O3P/c1-2-3-4-8(5,6)7/h2H,1,3-4H2,(H2,5,6,7)/p-2. The largest absolute Gasteiger partial charge is 0.811 e. The van der Waals surface area contributed by atoms with Crippen LogP contribution in [0.1, 0.15) is 6.42 Å². The van der Waals surface area contributed by atoms with Crippen LogP contribution in [0.4, 0.5) is 0 Å². The second-order valence-electron chi connectivity index (χ2n) is 1.41. The van der Waals surface area contributed by atoms with E-state index >= 15 is 0 Å². The minimum absolute atomic E-state index is 0.254. The molecule has 0 bridgehead atoms. The van der Waals surface area contributed by atoms with Crippen LogP contribution in [0.25, 0.3) is 0 Å². The van der Waals surface area contributed by atoms with Crippen LogP contribution in [0.15, 0.2) is 12.7 Å². The van der Waals surface area contributed by atoms with Gasteiger partial charge >= 0.3 is 0 Å². The van der Waals surface area contributed by atoms with Crippen molar-refractivity contribution in [2.45, 2.75) is 6.42 Å². The highest BCUT2D eigenvalue weighted by Crippen LogP contribution is 2.23. The molecule has 4 heteroatoms. The highest BCUT2D eigenvalue weighted by Gasteiger charge is 1.84. The second-order valence-corrected chi connectivity index (χ2v) is 3.08. The molecule has 0 unspecified atom stereocenters. The van der Waals surface area contributed by atoms with E-state index in [9.17, 15) is 14.4 Å². The van der Waals surface area contributed by atoms with Gasteiger partial charge in [-0.25, -0.2) is 0 Å². The van der Waals surface area contributed by atoms with Gasteiger partial charge < -0.3 is 14.4 Å². The molecule has 0 spiro atoms. The Labute approximate surface area is 48.2 Å². The van der Waals surface area contributed by atoms with Gasteiger partial charge in [0.2, 0.25) is 0 Å². The quantitative estimate of drug-likeness (QED) is 0.385. The van der Waals surface area contributed by atoms with Gasteiger partial charge in [-0.2, -0.15) is 0 Å². The lowest BCUT2D eigenvalue weighted by molar-refractivity contribution is -0.313. The first-order chi connectivity index (χ1) is 3.56. The van der Waals surface area contributed by atoms with Crippen LogP contribution < -0.4 is 9.79 Å². The maximum atomic E-state index is 9.81. The monoisotopic (exact) mass is 134 g/mol. The summed E-state index contributed by atoms with van der Waals surface area (Å²) in [7, 11) is -4.25. The second kappa shape index (κ2) is 3.02. The summed E-state index contributed by atoms with van der Waals surface area (Å²) in [5, 5.41) is 0. The van der Waals surface area contributed by atoms with Crippen LogP contribution in [-0.2, 0) is 4.57 Å². The minimum Gasteiger partial charge on any atom is -0.811 e. The van der Waals surface area contributed by atoms with Crippen molar-refractivity contribution in [3.63, 3.8) is 0 Å². The molecule has 0 aromatic heterocycles. The Bertz CT molecular complexity index is 114. The molecule has 0 aliphatic heterocycles. The first-order valence-corrected chi connectivity index (χ1v) is 3.91. The van der Waals surface area contributed by atoms with Crippen molar-refractivity contribution in [2.24, 2.45) is 0 Å². The molecule has 3 nitrogen and oxygen atoms in total. The van der Waals surface area contributed by atoms with Crippen LogP contribution >= 0.6 is 7.60 Å². The Kier molecular flexibility index (Phi) is 2.98. The number of hydrogen-bond acceptors (Lipinski definition) is 3. The van der Waals surface area contributed by atoms with Crippen LogP contribution in [0.5, 0.6) is 0 Å². The van der Waals surface area contributed by atoms with Gasteiger partial charge in [0.15, 0.2) is 0 Å². The zero-order valence-electron chi connectivity index (χ0n) is 4.37. The van der Waals surface area contributed by atoms with Crippen molar-refractivity contribution in [3.05, 3.63) is 12.7 Å². The van der Waals surface area contributed by atoms with Crippen molar-refractivity contribution in [3.8, 4) is 0 Å². The highest BCUT2D eigenvalue weighted by molar-refractivity contribution is 7.48. The maximum absolute atomic E-state index is 9.81. The summed E-state index contributed by atoms with van der Waals surface area (Å²) in [5.74, 6) is 0. The molecule has 0 aliphatic carbocycles. The molecule has 8 heavy (non-hydrogen) atoms. The van der Waals surface area contributed by atoms with E-state index in [4.69, 9.17) is 0 Å². The molecular formula is C4H7O3P-2. The van der Waals surface area contributed by atoms with Gasteiger partial charge in [0, 0.05) is 0 Å². The van der Waals surface area contributed by atoms with E-state index in [2.05, 4.69) is 6.58 Å². The van der Waals surface area contributed by atoms with E-state index in [0.717, 1.165) is 0 Å². The Hall–Kier alpha value is -0.110. The zero-order chi connectivity index (χ0) is 6.62. The van der Waals surface area contributed by atoms with E-state index in [-0.39, 0.29) is 12.6 Å². The van der Waals surface area contributed by atoms with Gasteiger partial charge in [-0.15, -0.1) is 6.58 Å². The Balaban J connectivity index is 3.40. The molecule has 0 heterocycles. The van der Waals surface area contributed by atoms with Crippen LogP contribution in [-0.4, -0.2) is 6.16 Å². The summed E-state index contributed by atoms with van der Waals surface area (Å²) in [6.07, 6.45) is 1.35. The summed E-state index contributed by atoms with van der Waals surface area (Å²) < 4.78 is 9.81. The number of rotatable bonds is 3. The predicted octanol–water partition coefficient (Wildman–Crippen LogP) is -0.524. The fourth-order valence-corrected chi connectivity index (χ4v) is 0.748. The van der Waals surface area contributed by atoms with Gasteiger partial charge in [0.25, 0.3) is 0 Å². The van der Waals surface area contributed by atoms with Crippen molar-refractivity contribution in [1.29, 1.82) is 0 Å². The third-order valence-electron chi connectivity index (χ3n) is 0.607. The fourth-order valence-electron chi connectivity index (χ4n) is 0.249. The van der Waals surface area contributed by atoms with E-state index < -0.39 is 7.60 Å². The van der Waals surface area contributed by atoms with Crippen LogP contribution in [0.2, 0.25) is 0 Å². The molecule has 0 fully saturated rings. The third-order valence-corrected chi connectivity index (χ3v) is 1.41. The molecule has 0 rings (SSSR count). The molecule has 48 valence electrons. The van der Waals surface area contributed by atoms with Crippen molar-refractivity contribution >= 4 is 7.60 Å². The number of hydrogen-bond donors (Lipinski definition) is 0. The number of allylic oxidation sites excluding steroid dienone is 1. The third kappa shape index (κ3) is 5.89. The van der Waals surface area contributed by atoms with Gasteiger partial charge in [-0.3, -0.25) is 0 Å². The highest BCUT2D eigenvalue weighted by atomic mass is 31.2. The maximum Gasteiger partial charge on any atom is -0.0216 e. The van der Waals surface area contributed by atoms with Crippen LogP contribution in [0, 0.1) is 0 Å². The summed E-state index contributed by atoms with van der Waals surface area (Å²) in [5.41, 5.74) is 0. The SMILES string of the molecule is C=CCCP(=O)([O-])[O-]. The Morgan fingerprint density at radius 3 is 2.25 bits per heavy atom. The van der Waals surface area contributed by atoms with Gasteiger partial charge in [-0.1, -0.05) is 13.7 Å². The summed E-state index contributed by atoms with van der Waals surface area (Å²) in [6.45, 7) is 3.26.